The molecule has 0 aromatic rings. The minimum absolute atomic E-state index is 0.0659. The van der Waals surface area contributed by atoms with E-state index in [9.17, 15) is 9.90 Å². The van der Waals surface area contributed by atoms with Gasteiger partial charge in [-0.05, 0) is 101 Å². The van der Waals surface area contributed by atoms with E-state index in [1.165, 1.54) is 31.3 Å². The number of carbonyl (C=O) groups excluding carboxylic acids is 1. The van der Waals surface area contributed by atoms with Gasteiger partial charge in [-0.1, -0.05) is 6.92 Å². The van der Waals surface area contributed by atoms with Crippen LogP contribution in [0.2, 0.25) is 0 Å². The number of ketones is 1. The molecule has 3 heteroatoms. The van der Waals surface area contributed by atoms with E-state index in [1.807, 2.05) is 0 Å². The number of Topliss-reactive ketones (excluding diaryl/α,β-unsaturated/α-hetero) is 1. The van der Waals surface area contributed by atoms with Gasteiger partial charge in [0.15, 0.2) is 5.78 Å². The Balaban J connectivity index is 1.54. The second-order valence-electron chi connectivity index (χ2n) is 8.87. The summed E-state index contributed by atoms with van der Waals surface area (Å²) >= 11 is 3.60. The molecule has 4 saturated carbocycles. The highest BCUT2D eigenvalue weighted by Crippen LogP contribution is 2.81. The smallest absolute Gasteiger partial charge is 0.169 e. The van der Waals surface area contributed by atoms with Crippen LogP contribution in [-0.2, 0) is 4.79 Å². The van der Waals surface area contributed by atoms with Crippen LogP contribution >= 0.6 is 15.9 Å². The summed E-state index contributed by atoms with van der Waals surface area (Å²) in [6.07, 6.45) is 8.97. The van der Waals surface area contributed by atoms with Crippen LogP contribution in [0.15, 0.2) is 10.1 Å². The molecule has 1 N–H and O–H groups in total. The molecule has 5 aliphatic carbocycles. The van der Waals surface area contributed by atoms with Gasteiger partial charge < -0.3 is 5.11 Å². The molecular formula is C19H25BrO2. The number of allylic oxidation sites excluding steroid dienone is 1. The van der Waals surface area contributed by atoms with Gasteiger partial charge in [0.05, 0.1) is 10.6 Å². The molecule has 5 aliphatic rings. The van der Waals surface area contributed by atoms with Crippen LogP contribution in [0.25, 0.3) is 0 Å². The lowest BCUT2D eigenvalue weighted by Crippen LogP contribution is -2.50. The minimum Gasteiger partial charge on any atom is -0.393 e. The van der Waals surface area contributed by atoms with Crippen molar-refractivity contribution >= 4 is 21.7 Å². The first-order valence-electron chi connectivity index (χ1n) is 9.09. The third kappa shape index (κ3) is 1.45. The van der Waals surface area contributed by atoms with Crippen LogP contribution < -0.4 is 0 Å². The summed E-state index contributed by atoms with van der Waals surface area (Å²) in [4.78, 5) is 12.0. The first-order valence-corrected chi connectivity index (χ1v) is 9.88. The number of hydrogen-bond donors (Lipinski definition) is 1. The molecule has 0 aromatic heterocycles. The number of carbonyl (C=O) groups is 1. The van der Waals surface area contributed by atoms with Gasteiger partial charge in [-0.25, -0.2) is 0 Å². The Morgan fingerprint density at radius 3 is 2.86 bits per heavy atom. The Kier molecular flexibility index (Phi) is 2.76. The molecule has 0 saturated heterocycles. The van der Waals surface area contributed by atoms with Gasteiger partial charge in [-0.3, -0.25) is 4.79 Å². The molecule has 0 aromatic carbocycles. The zero-order valence-electron chi connectivity index (χ0n) is 13.3. The first-order chi connectivity index (χ1) is 10.5. The summed E-state index contributed by atoms with van der Waals surface area (Å²) < 4.78 is 0.923. The lowest BCUT2D eigenvalue weighted by molar-refractivity contribution is -0.117. The Morgan fingerprint density at radius 1 is 1.23 bits per heavy atom. The molecule has 7 atom stereocenters. The summed E-state index contributed by atoms with van der Waals surface area (Å²) in [5, 5.41) is 10.6. The van der Waals surface area contributed by atoms with E-state index < -0.39 is 0 Å². The van der Waals surface area contributed by atoms with Crippen LogP contribution in [0.1, 0.15) is 58.3 Å². The zero-order valence-corrected chi connectivity index (χ0v) is 14.9. The van der Waals surface area contributed by atoms with Gasteiger partial charge in [0.1, 0.15) is 0 Å². The van der Waals surface area contributed by atoms with E-state index in [4.69, 9.17) is 0 Å². The number of aliphatic hydroxyl groups excluding tert-OH is 1. The number of fused-ring (bicyclic) bond motifs is 3. The number of rotatable bonds is 0. The predicted octanol–water partition coefficient (Wildman–Crippen LogP) is 4.21. The van der Waals surface area contributed by atoms with Crippen molar-refractivity contribution in [3.8, 4) is 0 Å². The average Bonchev–Trinajstić information content (AvgIpc) is 3.16. The highest BCUT2D eigenvalue weighted by molar-refractivity contribution is 9.12. The van der Waals surface area contributed by atoms with Crippen molar-refractivity contribution in [2.24, 2.45) is 34.5 Å². The highest BCUT2D eigenvalue weighted by Gasteiger charge is 2.76. The zero-order chi connectivity index (χ0) is 15.3. The third-order valence-electron chi connectivity index (χ3n) is 8.53. The van der Waals surface area contributed by atoms with E-state index >= 15 is 0 Å². The van der Waals surface area contributed by atoms with Gasteiger partial charge in [0.25, 0.3) is 0 Å². The minimum atomic E-state index is -0.0659. The maximum Gasteiger partial charge on any atom is 0.169 e. The van der Waals surface area contributed by atoms with Crippen LogP contribution in [0.3, 0.4) is 0 Å². The molecule has 1 spiro atoms. The van der Waals surface area contributed by atoms with Crippen molar-refractivity contribution in [1.29, 1.82) is 0 Å². The van der Waals surface area contributed by atoms with Crippen LogP contribution in [0.4, 0.5) is 0 Å². The van der Waals surface area contributed by atoms with Gasteiger partial charge >= 0.3 is 0 Å². The van der Waals surface area contributed by atoms with E-state index in [0.29, 0.717) is 17.1 Å². The molecule has 3 unspecified atom stereocenters. The maximum atomic E-state index is 12.0. The van der Waals surface area contributed by atoms with Crippen LogP contribution in [0, 0.1) is 34.5 Å². The highest BCUT2D eigenvalue weighted by atomic mass is 79.9. The van der Waals surface area contributed by atoms with Crippen molar-refractivity contribution in [3.05, 3.63) is 10.1 Å². The Bertz CT molecular complexity index is 596. The third-order valence-corrected chi connectivity index (χ3v) is 9.48. The molecule has 120 valence electrons. The normalized spacial score (nSPS) is 56.1. The number of halogens is 1. The SMILES string of the molecule is C[C@]12CCC3C4CCC(=O)C(Br)=C4CCC3[C@]13C[C@@H]3C[C@H]2O. The Hall–Kier alpha value is -0.150. The van der Waals surface area contributed by atoms with E-state index in [1.54, 1.807) is 0 Å². The summed E-state index contributed by atoms with van der Waals surface area (Å²) in [6.45, 7) is 2.38. The van der Waals surface area contributed by atoms with Crippen molar-refractivity contribution in [3.63, 3.8) is 0 Å². The largest absolute Gasteiger partial charge is 0.393 e. The molecule has 0 amide bonds. The Morgan fingerprint density at radius 2 is 2.05 bits per heavy atom. The van der Waals surface area contributed by atoms with Crippen molar-refractivity contribution in [2.75, 3.05) is 0 Å². The molecule has 2 nitrogen and oxygen atoms in total. The van der Waals surface area contributed by atoms with Crippen LogP contribution in [-0.4, -0.2) is 17.0 Å². The summed E-state index contributed by atoms with van der Waals surface area (Å²) in [6, 6.07) is 0. The Labute approximate surface area is 140 Å². The van der Waals surface area contributed by atoms with Gasteiger partial charge in [-0.15, -0.1) is 0 Å². The monoisotopic (exact) mass is 364 g/mol. The fraction of sp³-hybridized carbons (Fsp3) is 0.842. The molecular weight excluding hydrogens is 340 g/mol. The molecule has 4 fully saturated rings. The second-order valence-corrected chi connectivity index (χ2v) is 9.66. The van der Waals surface area contributed by atoms with E-state index in [0.717, 1.165) is 47.9 Å². The average molecular weight is 365 g/mol. The van der Waals surface area contributed by atoms with Crippen molar-refractivity contribution < 1.29 is 9.90 Å². The molecule has 0 aliphatic heterocycles. The lowest BCUT2D eigenvalue weighted by atomic mass is 9.49. The van der Waals surface area contributed by atoms with Gasteiger partial charge in [0.2, 0.25) is 0 Å². The van der Waals surface area contributed by atoms with Gasteiger partial charge in [-0.2, -0.15) is 0 Å². The lowest BCUT2D eigenvalue weighted by Gasteiger charge is -2.55. The number of aliphatic hydroxyl groups is 1. The molecule has 0 radical (unpaired) electrons. The standard InChI is InChI=1S/C19H25BrO2/c1-18-7-6-12-11-3-5-15(21)17(20)13(11)2-4-14(12)19(18)9-10(19)8-16(18)22/h10-12,14,16,22H,2-9H2,1H3/t10-,11?,12?,14?,16+,18+,19+/m0/s1. The fourth-order valence-corrected chi connectivity index (χ4v) is 8.14. The summed E-state index contributed by atoms with van der Waals surface area (Å²) in [5.74, 6) is 3.33. The predicted molar refractivity (Wildman–Crippen MR) is 88.4 cm³/mol. The quantitative estimate of drug-likeness (QED) is 0.698. The van der Waals surface area contributed by atoms with E-state index in [2.05, 4.69) is 22.9 Å². The maximum absolute atomic E-state index is 12.0. The first kappa shape index (κ1) is 14.2. The van der Waals surface area contributed by atoms with Crippen molar-refractivity contribution in [1.82, 2.24) is 0 Å². The molecule has 22 heavy (non-hydrogen) atoms. The summed E-state index contributed by atoms with van der Waals surface area (Å²) in [7, 11) is 0. The molecule has 5 rings (SSSR count). The van der Waals surface area contributed by atoms with Crippen molar-refractivity contribution in [2.45, 2.75) is 64.4 Å². The van der Waals surface area contributed by atoms with Gasteiger partial charge in [0, 0.05) is 6.42 Å². The number of hydrogen-bond acceptors (Lipinski definition) is 2. The molecule has 0 heterocycles. The van der Waals surface area contributed by atoms with Crippen LogP contribution in [0.5, 0.6) is 0 Å². The van der Waals surface area contributed by atoms with E-state index in [-0.39, 0.29) is 11.5 Å². The second kappa shape index (κ2) is 4.27. The topological polar surface area (TPSA) is 37.3 Å². The molecule has 0 bridgehead atoms. The fourth-order valence-electron chi connectivity index (χ4n) is 7.45. The summed E-state index contributed by atoms with van der Waals surface area (Å²) in [5.41, 5.74) is 2.07.